The molecule has 98 valence electrons. The molecule has 1 aliphatic rings. The second-order valence-electron chi connectivity index (χ2n) is 5.71. The molecule has 0 saturated heterocycles. The molecule has 2 heteroatoms. The highest BCUT2D eigenvalue weighted by molar-refractivity contribution is 5.82. The van der Waals surface area contributed by atoms with Crippen LogP contribution in [-0.4, -0.2) is 12.6 Å². The van der Waals surface area contributed by atoms with Gasteiger partial charge in [0.25, 0.3) is 0 Å². The molecule has 0 unspecified atom stereocenters. The van der Waals surface area contributed by atoms with Crippen molar-refractivity contribution >= 4 is 5.97 Å². The minimum atomic E-state index is -0.305. The molecule has 2 nitrogen and oxygen atoms in total. The summed E-state index contributed by atoms with van der Waals surface area (Å²) < 4.78 is 5.19. The number of aryl methyl sites for hydroxylation is 3. The quantitative estimate of drug-likeness (QED) is 0.761. The van der Waals surface area contributed by atoms with Gasteiger partial charge in [-0.1, -0.05) is 17.7 Å². The van der Waals surface area contributed by atoms with E-state index in [2.05, 4.69) is 32.9 Å². The Kier molecular flexibility index (Phi) is 3.22. The highest BCUT2D eigenvalue weighted by Crippen LogP contribution is 2.61. The van der Waals surface area contributed by atoms with Crippen LogP contribution in [0.25, 0.3) is 0 Å². The maximum Gasteiger partial charge on any atom is 0.312 e. The average molecular weight is 246 g/mol. The summed E-state index contributed by atoms with van der Waals surface area (Å²) in [5.41, 5.74) is 4.92. The van der Waals surface area contributed by atoms with E-state index in [1.807, 2.05) is 13.8 Å². The lowest BCUT2D eigenvalue weighted by atomic mass is 9.92. The zero-order valence-electron chi connectivity index (χ0n) is 12.0. The van der Waals surface area contributed by atoms with Crippen molar-refractivity contribution in [2.45, 2.75) is 47.0 Å². The largest absolute Gasteiger partial charge is 0.466 e. The maximum absolute atomic E-state index is 12.0. The highest BCUT2D eigenvalue weighted by Gasteiger charge is 2.58. The summed E-state index contributed by atoms with van der Waals surface area (Å²) in [6.45, 7) is 10.7. The monoisotopic (exact) mass is 246 g/mol. The van der Waals surface area contributed by atoms with Gasteiger partial charge in [0.15, 0.2) is 0 Å². The Morgan fingerprint density at radius 2 is 1.89 bits per heavy atom. The number of esters is 1. The molecular weight excluding hydrogens is 224 g/mol. The van der Waals surface area contributed by atoms with Gasteiger partial charge in [-0.2, -0.15) is 0 Å². The number of ether oxygens (including phenoxy) is 1. The second-order valence-corrected chi connectivity index (χ2v) is 5.71. The van der Waals surface area contributed by atoms with Crippen molar-refractivity contribution in [3.63, 3.8) is 0 Å². The van der Waals surface area contributed by atoms with Crippen molar-refractivity contribution in [2.24, 2.45) is 5.41 Å². The molecule has 0 radical (unpaired) electrons. The summed E-state index contributed by atoms with van der Waals surface area (Å²) in [5.74, 6) is 0.284. The smallest absolute Gasteiger partial charge is 0.312 e. The van der Waals surface area contributed by atoms with Gasteiger partial charge in [-0.05, 0) is 57.7 Å². The van der Waals surface area contributed by atoms with Crippen molar-refractivity contribution in [1.29, 1.82) is 0 Å². The van der Waals surface area contributed by atoms with Crippen LogP contribution in [0.15, 0.2) is 12.1 Å². The van der Waals surface area contributed by atoms with Gasteiger partial charge in [0.05, 0.1) is 12.0 Å². The highest BCUT2D eigenvalue weighted by atomic mass is 16.5. The van der Waals surface area contributed by atoms with Gasteiger partial charge >= 0.3 is 5.97 Å². The van der Waals surface area contributed by atoms with Crippen LogP contribution < -0.4 is 0 Å². The van der Waals surface area contributed by atoms with Crippen molar-refractivity contribution < 1.29 is 9.53 Å². The third-order valence-electron chi connectivity index (χ3n) is 4.07. The van der Waals surface area contributed by atoms with Gasteiger partial charge in [0, 0.05) is 5.92 Å². The molecule has 1 fully saturated rings. The van der Waals surface area contributed by atoms with Crippen LogP contribution in [0.4, 0.5) is 0 Å². The lowest BCUT2D eigenvalue weighted by Gasteiger charge is -2.15. The minimum absolute atomic E-state index is 0.0469. The molecule has 0 heterocycles. The van der Waals surface area contributed by atoms with Gasteiger partial charge in [-0.25, -0.2) is 0 Å². The minimum Gasteiger partial charge on any atom is -0.466 e. The maximum atomic E-state index is 12.0. The number of hydrogen-bond acceptors (Lipinski definition) is 2. The Labute approximate surface area is 109 Å². The van der Waals surface area contributed by atoms with Crippen molar-refractivity contribution in [3.05, 3.63) is 34.4 Å². The van der Waals surface area contributed by atoms with E-state index < -0.39 is 0 Å². The molecule has 0 spiro atoms. The Morgan fingerprint density at radius 3 is 2.39 bits per heavy atom. The summed E-state index contributed by atoms with van der Waals surface area (Å²) in [7, 11) is 0. The third kappa shape index (κ3) is 2.05. The summed E-state index contributed by atoms with van der Waals surface area (Å²) in [4.78, 5) is 12.0. The van der Waals surface area contributed by atoms with Gasteiger partial charge in [0.1, 0.15) is 0 Å². The molecule has 1 aromatic rings. The second kappa shape index (κ2) is 4.42. The van der Waals surface area contributed by atoms with Crippen LogP contribution in [0.3, 0.4) is 0 Å². The first-order valence-corrected chi connectivity index (χ1v) is 6.65. The molecule has 2 atom stereocenters. The van der Waals surface area contributed by atoms with Crippen LogP contribution in [-0.2, 0) is 9.53 Å². The van der Waals surface area contributed by atoms with Crippen LogP contribution in [0.1, 0.15) is 48.4 Å². The van der Waals surface area contributed by atoms with E-state index in [0.717, 1.165) is 6.42 Å². The first-order chi connectivity index (χ1) is 8.40. The van der Waals surface area contributed by atoms with E-state index in [9.17, 15) is 4.79 Å². The number of benzene rings is 1. The standard InChI is InChI=1S/C16H22O2/c1-6-18-15(17)16(5)9-13(16)14-11(3)7-10(2)8-12(14)4/h7-8,13H,6,9H2,1-5H3/t13-,16+/m1/s1. The van der Waals surface area contributed by atoms with Gasteiger partial charge in [-0.3, -0.25) is 4.79 Å². The molecule has 0 amide bonds. The zero-order valence-corrected chi connectivity index (χ0v) is 12.0. The van der Waals surface area contributed by atoms with Crippen molar-refractivity contribution in [3.8, 4) is 0 Å². The summed E-state index contributed by atoms with van der Waals surface area (Å²) in [6.07, 6.45) is 0.913. The number of carbonyl (C=O) groups is 1. The van der Waals surface area contributed by atoms with Crippen molar-refractivity contribution in [1.82, 2.24) is 0 Å². The molecule has 1 aromatic carbocycles. The van der Waals surface area contributed by atoms with Gasteiger partial charge < -0.3 is 4.74 Å². The fraction of sp³-hybridized carbons (Fsp3) is 0.562. The molecule has 18 heavy (non-hydrogen) atoms. The lowest BCUT2D eigenvalue weighted by molar-refractivity contribution is -0.149. The van der Waals surface area contributed by atoms with Crippen LogP contribution >= 0.6 is 0 Å². The number of rotatable bonds is 3. The van der Waals surface area contributed by atoms with Crippen LogP contribution in [0.2, 0.25) is 0 Å². The number of carbonyl (C=O) groups excluding carboxylic acids is 1. The summed E-state index contributed by atoms with van der Waals surface area (Å²) in [6, 6.07) is 4.40. The topological polar surface area (TPSA) is 26.3 Å². The molecule has 0 bridgehead atoms. The first-order valence-electron chi connectivity index (χ1n) is 6.65. The zero-order chi connectivity index (χ0) is 13.5. The molecule has 2 rings (SSSR count). The molecule has 0 aromatic heterocycles. The molecular formula is C16H22O2. The van der Waals surface area contributed by atoms with Crippen LogP contribution in [0.5, 0.6) is 0 Å². The average Bonchev–Trinajstić information content (AvgIpc) is 2.91. The third-order valence-corrected chi connectivity index (χ3v) is 4.07. The molecule has 0 aliphatic heterocycles. The summed E-state index contributed by atoms with van der Waals surface area (Å²) in [5, 5.41) is 0. The summed E-state index contributed by atoms with van der Waals surface area (Å²) >= 11 is 0. The predicted molar refractivity (Wildman–Crippen MR) is 72.8 cm³/mol. The Bertz CT molecular complexity index is 467. The SMILES string of the molecule is CCOC(=O)[C@@]1(C)C[C@@H]1c1c(C)cc(C)cc1C. The van der Waals surface area contributed by atoms with E-state index in [0.29, 0.717) is 12.5 Å². The fourth-order valence-corrected chi connectivity index (χ4v) is 3.05. The predicted octanol–water partition coefficient (Wildman–Crippen LogP) is 3.67. The fourth-order valence-electron chi connectivity index (χ4n) is 3.05. The number of hydrogen-bond donors (Lipinski definition) is 0. The Morgan fingerprint density at radius 1 is 1.33 bits per heavy atom. The molecule has 1 aliphatic carbocycles. The Hall–Kier alpha value is -1.31. The van der Waals surface area contributed by atoms with E-state index in [-0.39, 0.29) is 11.4 Å². The van der Waals surface area contributed by atoms with Gasteiger partial charge in [-0.15, -0.1) is 0 Å². The first kappa shape index (κ1) is 13.1. The Balaban J connectivity index is 2.29. The van der Waals surface area contributed by atoms with E-state index >= 15 is 0 Å². The van der Waals surface area contributed by atoms with Crippen molar-refractivity contribution in [2.75, 3.05) is 6.61 Å². The van der Waals surface area contributed by atoms with E-state index in [1.165, 1.54) is 22.3 Å². The molecule has 1 saturated carbocycles. The van der Waals surface area contributed by atoms with E-state index in [4.69, 9.17) is 4.74 Å². The normalized spacial score (nSPS) is 25.9. The lowest BCUT2D eigenvalue weighted by Crippen LogP contribution is -2.18. The van der Waals surface area contributed by atoms with Gasteiger partial charge in [0.2, 0.25) is 0 Å². The van der Waals surface area contributed by atoms with E-state index in [1.54, 1.807) is 0 Å². The van der Waals surface area contributed by atoms with Crippen LogP contribution in [0, 0.1) is 26.2 Å². The molecule has 0 N–H and O–H groups in total.